The van der Waals surface area contributed by atoms with Crippen LogP contribution in [0.3, 0.4) is 0 Å². The molecule has 20 heavy (non-hydrogen) atoms. The van der Waals surface area contributed by atoms with Gasteiger partial charge in [0.25, 0.3) is 5.89 Å². The zero-order valence-electron chi connectivity index (χ0n) is 11.1. The molecule has 0 atom stereocenters. The second-order valence-corrected chi connectivity index (χ2v) is 4.45. The molecule has 108 valence electrons. The van der Waals surface area contributed by atoms with Gasteiger partial charge >= 0.3 is 6.61 Å². The summed E-state index contributed by atoms with van der Waals surface area (Å²) in [5.41, 5.74) is 0.648. The third kappa shape index (κ3) is 3.99. The molecule has 0 amide bonds. The van der Waals surface area contributed by atoms with Crippen LogP contribution < -0.4 is 10.1 Å². The minimum absolute atomic E-state index is 0.0879. The van der Waals surface area contributed by atoms with Crippen molar-refractivity contribution >= 4 is 0 Å². The summed E-state index contributed by atoms with van der Waals surface area (Å²) >= 11 is 0. The molecular formula is C13H15F2N3O2. The van der Waals surface area contributed by atoms with Crippen LogP contribution in [0.15, 0.2) is 28.8 Å². The predicted molar refractivity (Wildman–Crippen MR) is 68.3 cm³/mol. The highest BCUT2D eigenvalue weighted by atomic mass is 19.3. The molecule has 0 fully saturated rings. The fourth-order valence-corrected chi connectivity index (χ4v) is 1.52. The van der Waals surface area contributed by atoms with E-state index in [9.17, 15) is 8.78 Å². The lowest BCUT2D eigenvalue weighted by Gasteiger charge is -2.04. The smallest absolute Gasteiger partial charge is 0.387 e. The first-order valence-electron chi connectivity index (χ1n) is 6.16. The molecule has 1 aromatic heterocycles. The average molecular weight is 283 g/mol. The van der Waals surface area contributed by atoms with E-state index in [0.717, 1.165) is 0 Å². The molecule has 0 saturated heterocycles. The molecule has 0 aliphatic rings. The van der Waals surface area contributed by atoms with E-state index in [4.69, 9.17) is 4.52 Å². The van der Waals surface area contributed by atoms with E-state index in [-0.39, 0.29) is 5.75 Å². The molecule has 0 saturated carbocycles. The number of aromatic nitrogens is 2. The quantitative estimate of drug-likeness (QED) is 0.883. The minimum atomic E-state index is -2.84. The Morgan fingerprint density at radius 3 is 2.55 bits per heavy atom. The van der Waals surface area contributed by atoms with Crippen molar-refractivity contribution in [2.45, 2.75) is 33.0 Å². The summed E-state index contributed by atoms with van der Waals surface area (Å²) in [4.78, 5) is 4.21. The Bertz CT molecular complexity index is 541. The van der Waals surface area contributed by atoms with Crippen LogP contribution in [0, 0.1) is 0 Å². The maximum absolute atomic E-state index is 12.0. The van der Waals surface area contributed by atoms with Crippen molar-refractivity contribution in [1.82, 2.24) is 15.5 Å². The summed E-state index contributed by atoms with van der Waals surface area (Å²) in [5, 5.41) is 7.00. The van der Waals surface area contributed by atoms with Gasteiger partial charge in [-0.25, -0.2) is 0 Å². The van der Waals surface area contributed by atoms with E-state index in [1.165, 1.54) is 12.1 Å². The Morgan fingerprint density at radius 2 is 1.95 bits per heavy atom. The number of alkyl halides is 2. The lowest BCUT2D eigenvalue weighted by atomic mass is 10.2. The van der Waals surface area contributed by atoms with Gasteiger partial charge in [-0.3, -0.25) is 0 Å². The molecule has 2 aromatic rings. The molecule has 0 aliphatic carbocycles. The molecule has 2 rings (SSSR count). The minimum Gasteiger partial charge on any atom is -0.435 e. The largest absolute Gasteiger partial charge is 0.435 e. The monoisotopic (exact) mass is 283 g/mol. The SMILES string of the molecule is CC(C)NCc1noc(-c2ccc(OC(F)F)cc2)n1. The molecule has 1 heterocycles. The zero-order chi connectivity index (χ0) is 14.5. The third-order valence-corrected chi connectivity index (χ3v) is 2.46. The standard InChI is InChI=1S/C13H15F2N3O2/c1-8(2)16-7-11-17-12(20-18-11)9-3-5-10(6-4-9)19-13(14)15/h3-6,8,13,16H,7H2,1-2H3. The Balaban J connectivity index is 2.04. The van der Waals surface area contributed by atoms with E-state index in [1.807, 2.05) is 13.8 Å². The van der Waals surface area contributed by atoms with Gasteiger partial charge in [-0.2, -0.15) is 13.8 Å². The van der Waals surface area contributed by atoms with Crippen molar-refractivity contribution in [2.24, 2.45) is 0 Å². The van der Waals surface area contributed by atoms with Crippen LogP contribution in [0.25, 0.3) is 11.5 Å². The zero-order valence-corrected chi connectivity index (χ0v) is 11.1. The maximum atomic E-state index is 12.0. The van der Waals surface area contributed by atoms with Gasteiger partial charge in [0, 0.05) is 11.6 Å². The number of ether oxygens (including phenoxy) is 1. The third-order valence-electron chi connectivity index (χ3n) is 2.46. The van der Waals surface area contributed by atoms with Crippen LogP contribution in [0.1, 0.15) is 19.7 Å². The number of rotatable bonds is 6. The fourth-order valence-electron chi connectivity index (χ4n) is 1.52. The van der Waals surface area contributed by atoms with Crippen LogP contribution in [0.2, 0.25) is 0 Å². The van der Waals surface area contributed by atoms with Crippen LogP contribution in [0.4, 0.5) is 8.78 Å². The van der Waals surface area contributed by atoms with Crippen molar-refractivity contribution in [3.05, 3.63) is 30.1 Å². The first-order chi connectivity index (χ1) is 9.54. The van der Waals surface area contributed by atoms with Gasteiger partial charge in [0.15, 0.2) is 5.82 Å². The van der Waals surface area contributed by atoms with E-state index in [1.54, 1.807) is 12.1 Å². The summed E-state index contributed by atoms with van der Waals surface area (Å²) in [7, 11) is 0. The second kappa shape index (κ2) is 6.42. The van der Waals surface area contributed by atoms with E-state index >= 15 is 0 Å². The Hall–Kier alpha value is -2.02. The molecule has 7 heteroatoms. The number of nitrogens with zero attached hydrogens (tertiary/aromatic N) is 2. The first-order valence-corrected chi connectivity index (χ1v) is 6.16. The lowest BCUT2D eigenvalue weighted by molar-refractivity contribution is -0.0498. The number of halogens is 2. The molecule has 0 bridgehead atoms. The van der Waals surface area contributed by atoms with Crippen LogP contribution in [-0.4, -0.2) is 22.8 Å². The van der Waals surface area contributed by atoms with Gasteiger partial charge in [0.2, 0.25) is 0 Å². The van der Waals surface area contributed by atoms with Crippen LogP contribution in [-0.2, 0) is 6.54 Å². The van der Waals surface area contributed by atoms with Crippen LogP contribution in [0.5, 0.6) is 5.75 Å². The molecule has 0 unspecified atom stereocenters. The number of hydrogen-bond donors (Lipinski definition) is 1. The van der Waals surface area contributed by atoms with Gasteiger partial charge in [0.1, 0.15) is 5.75 Å². The molecular weight excluding hydrogens is 268 g/mol. The summed E-state index contributed by atoms with van der Waals surface area (Å²) in [6.45, 7) is 1.71. The van der Waals surface area contributed by atoms with E-state index in [0.29, 0.717) is 29.9 Å². The van der Waals surface area contributed by atoms with E-state index < -0.39 is 6.61 Å². The Kier molecular flexibility index (Phi) is 4.62. The number of benzene rings is 1. The number of hydrogen-bond acceptors (Lipinski definition) is 5. The molecule has 1 aromatic carbocycles. The summed E-state index contributed by atoms with van der Waals surface area (Å²) in [6.07, 6.45) is 0. The number of nitrogens with one attached hydrogen (secondary N) is 1. The molecule has 0 radical (unpaired) electrons. The highest BCUT2D eigenvalue weighted by molar-refractivity contribution is 5.54. The van der Waals surface area contributed by atoms with Crippen molar-refractivity contribution < 1.29 is 18.0 Å². The van der Waals surface area contributed by atoms with Crippen LogP contribution >= 0.6 is 0 Å². The maximum Gasteiger partial charge on any atom is 0.387 e. The van der Waals surface area contributed by atoms with Crippen molar-refractivity contribution in [3.63, 3.8) is 0 Å². The van der Waals surface area contributed by atoms with Gasteiger partial charge in [0.05, 0.1) is 6.54 Å². The molecule has 0 aliphatic heterocycles. The van der Waals surface area contributed by atoms with Gasteiger partial charge < -0.3 is 14.6 Å². The average Bonchev–Trinajstić information content (AvgIpc) is 2.85. The van der Waals surface area contributed by atoms with Crippen molar-refractivity contribution in [3.8, 4) is 17.2 Å². The second-order valence-electron chi connectivity index (χ2n) is 4.45. The summed E-state index contributed by atoms with van der Waals surface area (Å²) in [5.74, 6) is 0.973. The molecule has 5 nitrogen and oxygen atoms in total. The Labute approximate surface area is 114 Å². The lowest BCUT2D eigenvalue weighted by Crippen LogP contribution is -2.22. The Morgan fingerprint density at radius 1 is 1.25 bits per heavy atom. The van der Waals surface area contributed by atoms with Crippen molar-refractivity contribution in [2.75, 3.05) is 0 Å². The normalized spacial score (nSPS) is 11.3. The van der Waals surface area contributed by atoms with E-state index in [2.05, 4.69) is 20.2 Å². The predicted octanol–water partition coefficient (Wildman–Crippen LogP) is 2.84. The first kappa shape index (κ1) is 14.4. The molecule has 1 N–H and O–H groups in total. The van der Waals surface area contributed by atoms with Crippen molar-refractivity contribution in [1.29, 1.82) is 0 Å². The highest BCUT2D eigenvalue weighted by Crippen LogP contribution is 2.21. The van der Waals surface area contributed by atoms with Gasteiger partial charge in [-0.15, -0.1) is 0 Å². The van der Waals surface area contributed by atoms with Gasteiger partial charge in [-0.05, 0) is 24.3 Å². The fraction of sp³-hybridized carbons (Fsp3) is 0.385. The highest BCUT2D eigenvalue weighted by Gasteiger charge is 2.10. The summed E-state index contributed by atoms with van der Waals surface area (Å²) < 4.78 is 33.4. The summed E-state index contributed by atoms with van der Waals surface area (Å²) in [6, 6.07) is 6.35. The topological polar surface area (TPSA) is 60.2 Å². The molecule has 0 spiro atoms. The van der Waals surface area contributed by atoms with Gasteiger partial charge in [-0.1, -0.05) is 19.0 Å².